The predicted molar refractivity (Wildman–Crippen MR) is 72.2 cm³/mol. The largest absolute Gasteiger partial charge is 0.313 e. The summed E-state index contributed by atoms with van der Waals surface area (Å²) in [6.45, 7) is -1.79. The number of hydrogen-bond acceptors (Lipinski definition) is 4. The maximum Gasteiger partial charge on any atom is 0.306 e. The van der Waals surface area contributed by atoms with Crippen molar-refractivity contribution in [2.24, 2.45) is 0 Å². The van der Waals surface area contributed by atoms with E-state index in [9.17, 15) is 4.79 Å². The lowest BCUT2D eigenvalue weighted by Crippen LogP contribution is -2.35. The van der Waals surface area contributed by atoms with Crippen LogP contribution in [0.2, 0.25) is 0 Å². The fraction of sp³-hybridized carbons (Fsp3) is 0.0769. The molecule has 0 saturated heterocycles. The molecule has 0 fully saturated rings. The highest BCUT2D eigenvalue weighted by molar-refractivity contribution is 6.64. The number of hydrogen-bond donors (Lipinski definition) is 2. The molecule has 4 nitrogen and oxygen atoms in total. The second-order valence-corrected chi connectivity index (χ2v) is 3.49. The molecule has 0 amide bonds. The molecular weight excluding hydrogens is 225 g/mol. The maximum atomic E-state index is 10.1. The molecule has 0 unspecified atom stereocenters. The molecule has 2 N–H and O–H groups in total. The Balaban J connectivity index is 2.13. The third-order valence-corrected chi connectivity index (χ3v) is 2.28. The summed E-state index contributed by atoms with van der Waals surface area (Å²) in [4.78, 5) is 14.4. The first-order valence-electron chi connectivity index (χ1n) is 6.45. The highest BCUT2D eigenvalue weighted by atomic mass is 16.1. The fourth-order valence-electron chi connectivity index (χ4n) is 1.44. The Morgan fingerprint density at radius 2 is 2.11 bits per heavy atom. The van der Waals surface area contributed by atoms with E-state index in [-0.39, 0.29) is 0 Å². The average molecular weight is 240 g/mol. The molecule has 1 radical (unpaired) electrons. The Hall–Kier alpha value is -1.98. The van der Waals surface area contributed by atoms with Gasteiger partial charge in [0.2, 0.25) is 0 Å². The standard InChI is InChI=1S/C13H13BN3O/c18-10-14-17-16-9-11-4-6-12(7-5-11)13-3-1-2-8-15-13/h1-8,10,16-17H,9H2/i9D2. The van der Waals surface area contributed by atoms with Gasteiger partial charge in [-0.15, -0.1) is 0 Å². The zero-order valence-electron chi connectivity index (χ0n) is 11.6. The number of rotatable bonds is 6. The zero-order valence-corrected chi connectivity index (χ0v) is 9.63. The Labute approximate surface area is 109 Å². The number of nitrogens with zero attached hydrogens (tertiary/aromatic N) is 1. The van der Waals surface area contributed by atoms with Crippen LogP contribution in [0.3, 0.4) is 0 Å². The topological polar surface area (TPSA) is 54.0 Å². The number of hydrazine groups is 1. The zero-order chi connectivity index (χ0) is 14.4. The summed E-state index contributed by atoms with van der Waals surface area (Å²) < 4.78 is 15.7. The van der Waals surface area contributed by atoms with Crippen molar-refractivity contribution in [3.8, 4) is 11.3 Å². The summed E-state index contributed by atoms with van der Waals surface area (Å²) in [5.41, 5.74) is 4.61. The second-order valence-electron chi connectivity index (χ2n) is 3.49. The van der Waals surface area contributed by atoms with Crippen LogP contribution in [0, 0.1) is 0 Å². The van der Waals surface area contributed by atoms with Crippen LogP contribution in [0.4, 0.5) is 0 Å². The van der Waals surface area contributed by atoms with Crippen molar-refractivity contribution in [2.45, 2.75) is 6.50 Å². The van der Waals surface area contributed by atoms with Crippen LogP contribution < -0.4 is 10.8 Å². The van der Waals surface area contributed by atoms with Gasteiger partial charge >= 0.3 is 7.41 Å². The van der Waals surface area contributed by atoms with Gasteiger partial charge in [0.25, 0.3) is 0 Å². The van der Waals surface area contributed by atoms with Gasteiger partial charge in [-0.1, -0.05) is 30.3 Å². The molecule has 0 atom stereocenters. The number of benzene rings is 1. The first kappa shape index (κ1) is 9.99. The molecule has 0 spiro atoms. The number of pyridine rings is 1. The van der Waals surface area contributed by atoms with Crippen molar-refractivity contribution < 1.29 is 7.54 Å². The highest BCUT2D eigenvalue weighted by Gasteiger charge is 1.98. The summed E-state index contributed by atoms with van der Waals surface area (Å²) in [6.07, 6.45) is 2.25. The van der Waals surface area contributed by atoms with Crippen molar-refractivity contribution in [1.82, 2.24) is 15.7 Å². The van der Waals surface area contributed by atoms with Gasteiger partial charge in [-0.05, 0) is 17.7 Å². The monoisotopic (exact) mass is 240 g/mol. The molecule has 18 heavy (non-hydrogen) atoms. The summed E-state index contributed by atoms with van der Waals surface area (Å²) in [5, 5.41) is 2.39. The third-order valence-electron chi connectivity index (χ3n) is 2.28. The van der Waals surface area contributed by atoms with E-state index in [1.807, 2.05) is 18.2 Å². The molecule has 0 saturated carbocycles. The minimum Gasteiger partial charge on any atom is -0.313 e. The summed E-state index contributed by atoms with van der Waals surface area (Å²) in [5.74, 6) is 0. The molecular formula is C13H13BN3O. The van der Waals surface area contributed by atoms with Gasteiger partial charge in [0.1, 0.15) is 0 Å². The van der Waals surface area contributed by atoms with Crippen LogP contribution in [-0.2, 0) is 11.3 Å². The molecule has 0 aliphatic rings. The summed E-state index contributed by atoms with van der Waals surface area (Å²) in [6, 6.07) is 12.6. The van der Waals surface area contributed by atoms with Gasteiger partial charge in [0.15, 0.2) is 0 Å². The smallest absolute Gasteiger partial charge is 0.306 e. The van der Waals surface area contributed by atoms with Gasteiger partial charge in [-0.25, -0.2) is 0 Å². The van der Waals surface area contributed by atoms with E-state index in [1.165, 1.54) is 0 Å². The predicted octanol–water partition coefficient (Wildman–Crippen LogP) is 1.15. The molecule has 1 heterocycles. The van der Waals surface area contributed by atoms with E-state index in [1.54, 1.807) is 30.5 Å². The lowest BCUT2D eigenvalue weighted by molar-refractivity contribution is 0.566. The van der Waals surface area contributed by atoms with Gasteiger partial charge in [0.05, 0.1) is 11.9 Å². The summed E-state index contributed by atoms with van der Waals surface area (Å²) in [7, 11) is 1.08. The van der Waals surface area contributed by atoms with Crippen LogP contribution in [0.5, 0.6) is 0 Å². The van der Waals surface area contributed by atoms with E-state index in [0.717, 1.165) is 18.7 Å². The van der Waals surface area contributed by atoms with Gasteiger partial charge in [-0.2, -0.15) is 0 Å². The van der Waals surface area contributed by atoms with E-state index in [0.29, 0.717) is 11.7 Å². The number of carbonyl (C=O) groups excluding carboxylic acids is 1. The Morgan fingerprint density at radius 3 is 2.78 bits per heavy atom. The molecule has 1 aromatic heterocycles. The highest BCUT2D eigenvalue weighted by Crippen LogP contribution is 2.16. The normalized spacial score (nSPS) is 12.4. The molecule has 0 bridgehead atoms. The first-order chi connectivity index (χ1) is 9.63. The quantitative estimate of drug-likeness (QED) is 0.344. The lowest BCUT2D eigenvalue weighted by Gasteiger charge is -2.05. The van der Waals surface area contributed by atoms with E-state index >= 15 is 0 Å². The number of carbonyl (C=O) groups is 1. The Morgan fingerprint density at radius 1 is 1.28 bits per heavy atom. The summed E-state index contributed by atoms with van der Waals surface area (Å²) >= 11 is 0. The van der Waals surface area contributed by atoms with Crippen LogP contribution in [0.25, 0.3) is 11.3 Å². The molecule has 0 aliphatic heterocycles. The van der Waals surface area contributed by atoms with Crippen molar-refractivity contribution in [2.75, 3.05) is 0 Å². The van der Waals surface area contributed by atoms with Crippen LogP contribution in [-0.4, -0.2) is 18.6 Å². The Kier molecular flexibility index (Phi) is 3.71. The molecule has 1 aromatic carbocycles. The average Bonchev–Trinajstić information content (AvgIpc) is 2.48. The van der Waals surface area contributed by atoms with Crippen LogP contribution in [0.1, 0.15) is 8.30 Å². The lowest BCUT2D eigenvalue weighted by atomic mass is 10.0. The Bertz CT molecular complexity index is 564. The van der Waals surface area contributed by atoms with Gasteiger partial charge in [0, 0.05) is 21.0 Å². The molecule has 2 aromatic rings. The van der Waals surface area contributed by atoms with Crippen molar-refractivity contribution >= 4 is 13.6 Å². The van der Waals surface area contributed by atoms with Crippen molar-refractivity contribution in [3.63, 3.8) is 0 Å². The minimum absolute atomic E-state index is 0.448. The third kappa shape index (κ3) is 3.51. The van der Waals surface area contributed by atoms with Gasteiger partial charge in [-0.3, -0.25) is 15.7 Å². The maximum absolute atomic E-state index is 10.1. The minimum atomic E-state index is -1.79. The second kappa shape index (κ2) is 6.69. The molecule has 0 aliphatic carbocycles. The molecule has 2 rings (SSSR count). The van der Waals surface area contributed by atoms with Crippen LogP contribution >= 0.6 is 0 Å². The number of nitrogens with one attached hydrogen (secondary N) is 2. The van der Waals surface area contributed by atoms with Gasteiger partial charge < -0.3 is 4.79 Å². The number of aromatic nitrogens is 1. The first-order valence-corrected chi connectivity index (χ1v) is 5.45. The van der Waals surface area contributed by atoms with Crippen molar-refractivity contribution in [3.05, 3.63) is 54.2 Å². The fourth-order valence-corrected chi connectivity index (χ4v) is 1.44. The van der Waals surface area contributed by atoms with Crippen LogP contribution in [0.15, 0.2) is 48.7 Å². The molecule has 5 heteroatoms. The van der Waals surface area contributed by atoms with E-state index in [2.05, 4.69) is 15.7 Å². The van der Waals surface area contributed by atoms with E-state index < -0.39 is 6.50 Å². The van der Waals surface area contributed by atoms with E-state index in [4.69, 9.17) is 2.74 Å². The van der Waals surface area contributed by atoms with Crippen molar-refractivity contribution in [1.29, 1.82) is 0 Å². The SMILES string of the molecule is [2H]C([2H])(NN[B]C=O)c1ccc(-c2ccccn2)cc1. The molecule has 89 valence electrons.